The number of ether oxygens (including phenoxy) is 1. The second-order valence-corrected chi connectivity index (χ2v) is 5.73. The summed E-state index contributed by atoms with van der Waals surface area (Å²) in [6.45, 7) is 6.12. The Labute approximate surface area is 132 Å². The minimum Gasteiger partial charge on any atom is -0.441 e. The topological polar surface area (TPSA) is 38.5 Å². The molecule has 1 aromatic heterocycles. The Hall–Kier alpha value is -1.65. The molecule has 4 nitrogen and oxygen atoms in total. The van der Waals surface area contributed by atoms with Crippen molar-refractivity contribution in [1.82, 2.24) is 9.88 Å². The number of likely N-dealkylation sites (tertiary alicyclic amines) is 1. The number of oxazole rings is 1. The molecule has 0 saturated carbocycles. The summed E-state index contributed by atoms with van der Waals surface area (Å²) in [7, 11) is 0. The molecule has 1 aromatic carbocycles. The molecule has 2 heterocycles. The van der Waals surface area contributed by atoms with Crippen LogP contribution in [0.15, 0.2) is 40.9 Å². The van der Waals surface area contributed by atoms with Crippen molar-refractivity contribution in [3.8, 4) is 11.3 Å². The van der Waals surface area contributed by atoms with E-state index in [9.17, 15) is 0 Å². The van der Waals surface area contributed by atoms with Gasteiger partial charge < -0.3 is 14.1 Å². The van der Waals surface area contributed by atoms with Gasteiger partial charge >= 0.3 is 0 Å². The predicted octanol–water partition coefficient (Wildman–Crippen LogP) is 3.39. The fourth-order valence-electron chi connectivity index (χ4n) is 2.95. The lowest BCUT2D eigenvalue weighted by Gasteiger charge is -2.31. The third-order valence-corrected chi connectivity index (χ3v) is 4.19. The zero-order chi connectivity index (χ0) is 15.2. The molecule has 0 N–H and O–H groups in total. The Morgan fingerprint density at radius 1 is 1.23 bits per heavy atom. The van der Waals surface area contributed by atoms with Crippen LogP contribution < -0.4 is 0 Å². The van der Waals surface area contributed by atoms with Crippen LogP contribution in [0.4, 0.5) is 0 Å². The Morgan fingerprint density at radius 3 is 2.73 bits per heavy atom. The number of aromatic nitrogens is 1. The van der Waals surface area contributed by atoms with Crippen LogP contribution in [0.25, 0.3) is 11.3 Å². The van der Waals surface area contributed by atoms with E-state index >= 15 is 0 Å². The summed E-state index contributed by atoms with van der Waals surface area (Å²) in [4.78, 5) is 6.88. The van der Waals surface area contributed by atoms with Crippen LogP contribution in [0.3, 0.4) is 0 Å². The van der Waals surface area contributed by atoms with E-state index in [2.05, 4.69) is 16.8 Å². The summed E-state index contributed by atoms with van der Waals surface area (Å²) >= 11 is 0. The monoisotopic (exact) mass is 300 g/mol. The fourth-order valence-corrected chi connectivity index (χ4v) is 2.95. The van der Waals surface area contributed by atoms with E-state index in [-0.39, 0.29) is 0 Å². The van der Waals surface area contributed by atoms with Crippen LogP contribution in [0.2, 0.25) is 0 Å². The first kappa shape index (κ1) is 15.3. The zero-order valence-electron chi connectivity index (χ0n) is 13.2. The molecule has 1 aliphatic heterocycles. The molecule has 1 saturated heterocycles. The lowest BCUT2D eigenvalue weighted by atomic mass is 10.1. The normalized spacial score (nSPS) is 17.0. The minimum absolute atomic E-state index is 0.452. The smallest absolute Gasteiger partial charge is 0.196 e. The van der Waals surface area contributed by atoms with Crippen LogP contribution in [0.5, 0.6) is 0 Å². The van der Waals surface area contributed by atoms with Crippen molar-refractivity contribution < 1.29 is 9.15 Å². The van der Waals surface area contributed by atoms with Crippen molar-refractivity contribution in [2.24, 2.45) is 0 Å². The first-order chi connectivity index (χ1) is 10.8. The Morgan fingerprint density at radius 2 is 2.00 bits per heavy atom. The SMILES string of the molecule is CCOC1CCN(CCc2ncc(-c3ccccc3)o2)CC1. The van der Waals surface area contributed by atoms with Gasteiger partial charge in [0.05, 0.1) is 12.3 Å². The summed E-state index contributed by atoms with van der Waals surface area (Å²) in [6, 6.07) is 10.1. The number of hydrogen-bond acceptors (Lipinski definition) is 4. The number of rotatable bonds is 6. The molecule has 118 valence electrons. The molecule has 4 heteroatoms. The van der Waals surface area contributed by atoms with E-state index in [1.54, 1.807) is 0 Å². The average molecular weight is 300 g/mol. The summed E-state index contributed by atoms with van der Waals surface area (Å²) in [5.41, 5.74) is 1.08. The van der Waals surface area contributed by atoms with Gasteiger partial charge in [0.15, 0.2) is 11.7 Å². The molecule has 0 unspecified atom stereocenters. The van der Waals surface area contributed by atoms with Crippen molar-refractivity contribution in [2.75, 3.05) is 26.2 Å². The van der Waals surface area contributed by atoms with Crippen LogP contribution in [-0.2, 0) is 11.2 Å². The van der Waals surface area contributed by atoms with Crippen LogP contribution in [0.1, 0.15) is 25.7 Å². The Bertz CT molecular complexity index is 559. The molecule has 0 radical (unpaired) electrons. The second kappa shape index (κ2) is 7.56. The molecule has 0 spiro atoms. The van der Waals surface area contributed by atoms with Crippen LogP contribution in [-0.4, -0.2) is 42.2 Å². The highest BCUT2D eigenvalue weighted by Gasteiger charge is 2.19. The van der Waals surface area contributed by atoms with Gasteiger partial charge in [0.2, 0.25) is 0 Å². The predicted molar refractivity (Wildman–Crippen MR) is 86.7 cm³/mol. The van der Waals surface area contributed by atoms with E-state index in [1.165, 1.54) is 0 Å². The molecule has 0 atom stereocenters. The summed E-state index contributed by atoms with van der Waals surface area (Å²) < 4.78 is 11.5. The fraction of sp³-hybridized carbons (Fsp3) is 0.500. The quantitative estimate of drug-likeness (QED) is 0.819. The van der Waals surface area contributed by atoms with Crippen molar-refractivity contribution >= 4 is 0 Å². The maximum absolute atomic E-state index is 5.86. The van der Waals surface area contributed by atoms with Gasteiger partial charge in [0.1, 0.15) is 0 Å². The van der Waals surface area contributed by atoms with Crippen molar-refractivity contribution in [3.05, 3.63) is 42.4 Å². The number of piperidine rings is 1. The highest BCUT2D eigenvalue weighted by Crippen LogP contribution is 2.20. The lowest BCUT2D eigenvalue weighted by Crippen LogP contribution is -2.38. The number of benzene rings is 1. The molecule has 1 fully saturated rings. The first-order valence-corrected chi connectivity index (χ1v) is 8.19. The van der Waals surface area contributed by atoms with Crippen molar-refractivity contribution in [3.63, 3.8) is 0 Å². The van der Waals surface area contributed by atoms with E-state index in [0.717, 1.165) is 62.7 Å². The third kappa shape index (κ3) is 3.96. The highest BCUT2D eigenvalue weighted by molar-refractivity contribution is 5.55. The molecule has 0 bridgehead atoms. The van der Waals surface area contributed by atoms with Gasteiger partial charge in [-0.05, 0) is 19.8 Å². The molecule has 2 aromatic rings. The highest BCUT2D eigenvalue weighted by atomic mass is 16.5. The Kier molecular flexibility index (Phi) is 5.24. The third-order valence-electron chi connectivity index (χ3n) is 4.19. The second-order valence-electron chi connectivity index (χ2n) is 5.73. The molecule has 0 amide bonds. The first-order valence-electron chi connectivity index (χ1n) is 8.19. The summed E-state index contributed by atoms with van der Waals surface area (Å²) in [5, 5.41) is 0. The van der Waals surface area contributed by atoms with E-state index in [1.807, 2.05) is 36.5 Å². The van der Waals surface area contributed by atoms with E-state index in [4.69, 9.17) is 9.15 Å². The number of nitrogens with zero attached hydrogens (tertiary/aromatic N) is 2. The van der Waals surface area contributed by atoms with Gasteiger partial charge in [-0.1, -0.05) is 30.3 Å². The van der Waals surface area contributed by atoms with Gasteiger partial charge in [-0.3, -0.25) is 0 Å². The molecule has 0 aliphatic carbocycles. The standard InChI is InChI=1S/C18H24N2O2/c1-2-21-16-8-11-20(12-9-16)13-10-18-19-14-17(22-18)15-6-4-3-5-7-15/h3-7,14,16H,2,8-13H2,1H3. The maximum Gasteiger partial charge on any atom is 0.196 e. The number of hydrogen-bond donors (Lipinski definition) is 0. The lowest BCUT2D eigenvalue weighted by molar-refractivity contribution is 0.0143. The van der Waals surface area contributed by atoms with E-state index < -0.39 is 0 Å². The van der Waals surface area contributed by atoms with Gasteiger partial charge in [0.25, 0.3) is 0 Å². The zero-order valence-corrected chi connectivity index (χ0v) is 13.2. The van der Waals surface area contributed by atoms with Crippen molar-refractivity contribution in [2.45, 2.75) is 32.3 Å². The van der Waals surface area contributed by atoms with Gasteiger partial charge in [-0.25, -0.2) is 4.98 Å². The largest absolute Gasteiger partial charge is 0.441 e. The maximum atomic E-state index is 5.86. The van der Waals surface area contributed by atoms with Gasteiger partial charge in [0, 0.05) is 38.2 Å². The molecule has 1 aliphatic rings. The molecule has 3 rings (SSSR count). The minimum atomic E-state index is 0.452. The molecular weight excluding hydrogens is 276 g/mol. The Balaban J connectivity index is 1.48. The summed E-state index contributed by atoms with van der Waals surface area (Å²) in [6.07, 6.45) is 5.41. The van der Waals surface area contributed by atoms with E-state index in [0.29, 0.717) is 6.10 Å². The van der Waals surface area contributed by atoms with Gasteiger partial charge in [-0.2, -0.15) is 0 Å². The molecular formula is C18H24N2O2. The van der Waals surface area contributed by atoms with Crippen LogP contribution >= 0.6 is 0 Å². The van der Waals surface area contributed by atoms with Crippen molar-refractivity contribution in [1.29, 1.82) is 0 Å². The summed E-state index contributed by atoms with van der Waals surface area (Å²) in [5.74, 6) is 1.68. The van der Waals surface area contributed by atoms with Crippen LogP contribution in [0, 0.1) is 0 Å². The molecule has 22 heavy (non-hydrogen) atoms. The van der Waals surface area contributed by atoms with Gasteiger partial charge in [-0.15, -0.1) is 0 Å². The average Bonchev–Trinajstić information content (AvgIpc) is 3.04.